The van der Waals surface area contributed by atoms with Gasteiger partial charge in [-0.3, -0.25) is 0 Å². The highest BCUT2D eigenvalue weighted by atomic mass is 16.7. The van der Waals surface area contributed by atoms with E-state index < -0.39 is 5.79 Å². The third-order valence-corrected chi connectivity index (χ3v) is 2.10. The molecule has 0 saturated carbocycles. The van der Waals surface area contributed by atoms with E-state index in [9.17, 15) is 0 Å². The Kier molecular flexibility index (Phi) is 3.71. The molecule has 1 rings (SSSR count). The highest BCUT2D eigenvalue weighted by Crippen LogP contribution is 2.22. The Morgan fingerprint density at radius 1 is 1.46 bits per heavy atom. The summed E-state index contributed by atoms with van der Waals surface area (Å²) < 4.78 is 16.8. The van der Waals surface area contributed by atoms with Crippen molar-refractivity contribution in [1.82, 2.24) is 0 Å². The average Bonchev–Trinajstić information content (AvgIpc) is 2.10. The quantitative estimate of drug-likeness (QED) is 0.663. The number of ether oxygens (including phenoxy) is 3. The lowest BCUT2D eigenvalue weighted by Crippen LogP contribution is -2.30. The highest BCUT2D eigenvalue weighted by molar-refractivity contribution is 4.70. The standard InChI is InChI=1S/C10H20O3/c1-5-11-9-6-8(2)13-10(3,4)12-7-9/h8-9H,5-7H2,1-4H3. The first-order valence-corrected chi connectivity index (χ1v) is 4.97. The van der Waals surface area contributed by atoms with Gasteiger partial charge >= 0.3 is 0 Å². The summed E-state index contributed by atoms with van der Waals surface area (Å²) in [6, 6.07) is 0. The predicted octanol–water partition coefficient (Wildman–Crippen LogP) is 1.95. The molecule has 0 aromatic heterocycles. The van der Waals surface area contributed by atoms with Gasteiger partial charge in [-0.05, 0) is 27.7 Å². The third-order valence-electron chi connectivity index (χ3n) is 2.10. The first kappa shape index (κ1) is 11.0. The zero-order chi connectivity index (χ0) is 9.90. The summed E-state index contributed by atoms with van der Waals surface area (Å²) in [6.07, 6.45) is 1.30. The Morgan fingerprint density at radius 2 is 2.15 bits per heavy atom. The van der Waals surface area contributed by atoms with E-state index >= 15 is 0 Å². The van der Waals surface area contributed by atoms with Crippen LogP contribution in [-0.2, 0) is 14.2 Å². The van der Waals surface area contributed by atoms with E-state index in [1.807, 2.05) is 20.8 Å². The van der Waals surface area contributed by atoms with Crippen LogP contribution in [0.3, 0.4) is 0 Å². The molecule has 0 aromatic carbocycles. The minimum absolute atomic E-state index is 0.182. The molecule has 13 heavy (non-hydrogen) atoms. The zero-order valence-corrected chi connectivity index (χ0v) is 9.00. The highest BCUT2D eigenvalue weighted by Gasteiger charge is 2.29. The second kappa shape index (κ2) is 4.40. The minimum Gasteiger partial charge on any atom is -0.376 e. The molecular formula is C10H20O3. The van der Waals surface area contributed by atoms with Crippen LogP contribution < -0.4 is 0 Å². The third kappa shape index (κ3) is 3.63. The number of hydrogen-bond acceptors (Lipinski definition) is 3. The molecule has 0 amide bonds. The molecule has 3 nitrogen and oxygen atoms in total. The summed E-state index contributed by atoms with van der Waals surface area (Å²) in [5.41, 5.74) is 0. The van der Waals surface area contributed by atoms with E-state index in [4.69, 9.17) is 14.2 Å². The lowest BCUT2D eigenvalue weighted by molar-refractivity contribution is -0.221. The molecule has 0 bridgehead atoms. The molecule has 0 aliphatic carbocycles. The van der Waals surface area contributed by atoms with Gasteiger partial charge in [0, 0.05) is 13.0 Å². The topological polar surface area (TPSA) is 27.7 Å². The van der Waals surface area contributed by atoms with Crippen molar-refractivity contribution in [1.29, 1.82) is 0 Å². The van der Waals surface area contributed by atoms with Gasteiger partial charge in [-0.25, -0.2) is 0 Å². The van der Waals surface area contributed by atoms with E-state index in [2.05, 4.69) is 6.92 Å². The molecule has 1 aliphatic heterocycles. The number of hydrogen-bond donors (Lipinski definition) is 0. The Balaban J connectivity index is 2.48. The molecule has 0 spiro atoms. The lowest BCUT2D eigenvalue weighted by Gasteiger charge is -2.25. The molecule has 2 unspecified atom stereocenters. The summed E-state index contributed by atoms with van der Waals surface area (Å²) >= 11 is 0. The fourth-order valence-electron chi connectivity index (χ4n) is 1.65. The fraction of sp³-hybridized carbons (Fsp3) is 1.00. The summed E-state index contributed by atoms with van der Waals surface area (Å²) in [7, 11) is 0. The van der Waals surface area contributed by atoms with E-state index in [-0.39, 0.29) is 12.2 Å². The molecular weight excluding hydrogens is 168 g/mol. The van der Waals surface area contributed by atoms with Gasteiger partial charge in [0.05, 0.1) is 18.8 Å². The van der Waals surface area contributed by atoms with Crippen LogP contribution >= 0.6 is 0 Å². The van der Waals surface area contributed by atoms with Crippen LogP contribution in [0, 0.1) is 0 Å². The van der Waals surface area contributed by atoms with Crippen molar-refractivity contribution in [3.05, 3.63) is 0 Å². The maximum Gasteiger partial charge on any atom is 0.163 e. The summed E-state index contributed by atoms with van der Waals surface area (Å²) in [6.45, 7) is 9.31. The van der Waals surface area contributed by atoms with E-state index in [0.29, 0.717) is 6.61 Å². The molecule has 0 N–H and O–H groups in total. The van der Waals surface area contributed by atoms with Gasteiger partial charge in [-0.1, -0.05) is 0 Å². The Morgan fingerprint density at radius 3 is 2.77 bits per heavy atom. The second-order valence-electron chi connectivity index (χ2n) is 3.95. The van der Waals surface area contributed by atoms with Gasteiger partial charge in [0.1, 0.15) is 0 Å². The van der Waals surface area contributed by atoms with Gasteiger partial charge in [-0.2, -0.15) is 0 Å². The van der Waals surface area contributed by atoms with E-state index in [0.717, 1.165) is 13.0 Å². The maximum atomic E-state index is 5.67. The summed E-state index contributed by atoms with van der Waals surface area (Å²) in [4.78, 5) is 0. The fourth-order valence-corrected chi connectivity index (χ4v) is 1.65. The predicted molar refractivity (Wildman–Crippen MR) is 50.6 cm³/mol. The smallest absolute Gasteiger partial charge is 0.163 e. The van der Waals surface area contributed by atoms with Crippen molar-refractivity contribution in [2.75, 3.05) is 13.2 Å². The average molecular weight is 188 g/mol. The molecule has 1 fully saturated rings. The molecule has 3 heteroatoms. The summed E-state index contributed by atoms with van der Waals surface area (Å²) in [5, 5.41) is 0. The van der Waals surface area contributed by atoms with Gasteiger partial charge < -0.3 is 14.2 Å². The molecule has 2 atom stereocenters. The van der Waals surface area contributed by atoms with Crippen LogP contribution in [0.4, 0.5) is 0 Å². The van der Waals surface area contributed by atoms with Crippen molar-refractivity contribution in [2.24, 2.45) is 0 Å². The molecule has 1 aliphatic rings. The monoisotopic (exact) mass is 188 g/mol. The van der Waals surface area contributed by atoms with Gasteiger partial charge in [-0.15, -0.1) is 0 Å². The van der Waals surface area contributed by atoms with Crippen LogP contribution in [0.5, 0.6) is 0 Å². The maximum absolute atomic E-state index is 5.67. The van der Waals surface area contributed by atoms with Crippen molar-refractivity contribution in [3.63, 3.8) is 0 Å². The van der Waals surface area contributed by atoms with Crippen LogP contribution in [0.1, 0.15) is 34.1 Å². The largest absolute Gasteiger partial charge is 0.376 e. The SMILES string of the molecule is CCOC1COC(C)(C)OC(C)C1. The van der Waals surface area contributed by atoms with Gasteiger partial charge in [0.2, 0.25) is 0 Å². The van der Waals surface area contributed by atoms with Crippen LogP contribution in [0.2, 0.25) is 0 Å². The van der Waals surface area contributed by atoms with E-state index in [1.54, 1.807) is 0 Å². The zero-order valence-electron chi connectivity index (χ0n) is 9.00. The van der Waals surface area contributed by atoms with Crippen molar-refractivity contribution in [2.45, 2.75) is 52.1 Å². The van der Waals surface area contributed by atoms with E-state index in [1.165, 1.54) is 0 Å². The molecule has 1 saturated heterocycles. The first-order valence-electron chi connectivity index (χ1n) is 4.97. The van der Waals surface area contributed by atoms with Crippen molar-refractivity contribution >= 4 is 0 Å². The van der Waals surface area contributed by atoms with Gasteiger partial charge in [0.15, 0.2) is 5.79 Å². The second-order valence-corrected chi connectivity index (χ2v) is 3.95. The Hall–Kier alpha value is -0.120. The van der Waals surface area contributed by atoms with Crippen LogP contribution in [0.15, 0.2) is 0 Å². The Labute approximate surface area is 80.4 Å². The molecule has 1 heterocycles. The molecule has 78 valence electrons. The summed E-state index contributed by atoms with van der Waals surface area (Å²) in [5.74, 6) is -0.467. The molecule has 0 aromatic rings. The van der Waals surface area contributed by atoms with Crippen molar-refractivity contribution in [3.8, 4) is 0 Å². The molecule has 0 radical (unpaired) electrons. The minimum atomic E-state index is -0.467. The van der Waals surface area contributed by atoms with Gasteiger partial charge in [0.25, 0.3) is 0 Å². The Bertz CT molecular complexity index is 156. The normalized spacial score (nSPS) is 34.2. The van der Waals surface area contributed by atoms with Crippen LogP contribution in [0.25, 0.3) is 0 Å². The van der Waals surface area contributed by atoms with Crippen LogP contribution in [-0.4, -0.2) is 31.2 Å². The first-order chi connectivity index (χ1) is 6.03. The lowest BCUT2D eigenvalue weighted by atomic mass is 10.2. The van der Waals surface area contributed by atoms with Crippen molar-refractivity contribution < 1.29 is 14.2 Å². The number of rotatable bonds is 2.